The normalized spacial score (nSPS) is 19.1. The van der Waals surface area contributed by atoms with Crippen molar-refractivity contribution in [2.75, 3.05) is 32.3 Å². The molecule has 2 aliphatic rings. The second-order valence-electron chi connectivity index (χ2n) is 9.56. The maximum Gasteiger partial charge on any atom is 0.336 e. The summed E-state index contributed by atoms with van der Waals surface area (Å²) in [5.41, 5.74) is 5.97. The fourth-order valence-corrected chi connectivity index (χ4v) is 5.84. The zero-order valence-electron chi connectivity index (χ0n) is 22.9. The maximum absolute atomic E-state index is 13.8. The van der Waals surface area contributed by atoms with Crippen LogP contribution in [0, 0.1) is 0 Å². The zero-order valence-corrected chi connectivity index (χ0v) is 23.7. The second kappa shape index (κ2) is 12.6. The lowest BCUT2D eigenvalue weighted by molar-refractivity contribution is -0.138. The molecule has 0 saturated carbocycles. The molecule has 0 aromatic heterocycles. The molecule has 0 bridgehead atoms. The summed E-state index contributed by atoms with van der Waals surface area (Å²) in [6.45, 7) is 6.44. The third kappa shape index (κ3) is 5.78. The number of Topliss-reactive ketones (excluding diaryl/α,β-unsaturated/α-hetero) is 1. The van der Waals surface area contributed by atoms with Crippen molar-refractivity contribution in [2.45, 2.75) is 51.9 Å². The molecule has 202 valence electrons. The van der Waals surface area contributed by atoms with Gasteiger partial charge in [0.15, 0.2) is 17.3 Å². The molecule has 2 aromatic rings. The highest BCUT2D eigenvalue weighted by atomic mass is 32.2. The van der Waals surface area contributed by atoms with Gasteiger partial charge < -0.3 is 19.5 Å². The minimum atomic E-state index is -0.456. The molecule has 38 heavy (non-hydrogen) atoms. The first-order chi connectivity index (χ1) is 18.4. The van der Waals surface area contributed by atoms with E-state index in [-0.39, 0.29) is 17.7 Å². The third-order valence-corrected chi connectivity index (χ3v) is 8.18. The van der Waals surface area contributed by atoms with Crippen LogP contribution in [-0.2, 0) is 20.7 Å². The topological polar surface area (TPSA) is 73.9 Å². The van der Waals surface area contributed by atoms with E-state index >= 15 is 0 Å². The van der Waals surface area contributed by atoms with Gasteiger partial charge in [0.1, 0.15) is 6.61 Å². The Labute approximate surface area is 229 Å². The van der Waals surface area contributed by atoms with Crippen LogP contribution in [0.3, 0.4) is 0 Å². The lowest BCUT2D eigenvalue weighted by Gasteiger charge is -2.37. The van der Waals surface area contributed by atoms with E-state index in [1.54, 1.807) is 26.0 Å². The molecule has 1 heterocycles. The lowest BCUT2D eigenvalue weighted by atomic mass is 9.71. The molecular weight excluding hydrogens is 498 g/mol. The summed E-state index contributed by atoms with van der Waals surface area (Å²) in [4.78, 5) is 27.2. The van der Waals surface area contributed by atoms with Gasteiger partial charge in [-0.05, 0) is 60.3 Å². The largest absolute Gasteiger partial charge is 0.493 e. The van der Waals surface area contributed by atoms with Gasteiger partial charge in [0.2, 0.25) is 0 Å². The number of dihydropyridines is 1. The fraction of sp³-hybridized carbons (Fsp3) is 0.419. The molecule has 2 atom stereocenters. The van der Waals surface area contributed by atoms with Gasteiger partial charge in [-0.3, -0.25) is 4.79 Å². The first-order valence-corrected chi connectivity index (χ1v) is 14.4. The molecule has 0 saturated heterocycles. The highest BCUT2D eigenvalue weighted by molar-refractivity contribution is 7.99. The Bertz CT molecular complexity index is 1250. The smallest absolute Gasteiger partial charge is 0.336 e. The zero-order chi connectivity index (χ0) is 27.2. The van der Waals surface area contributed by atoms with Crippen molar-refractivity contribution in [3.63, 3.8) is 0 Å². The second-order valence-corrected chi connectivity index (χ2v) is 11.0. The minimum absolute atomic E-state index is 0.0101. The van der Waals surface area contributed by atoms with Gasteiger partial charge >= 0.3 is 5.97 Å². The number of thioether (sulfide) groups is 1. The SMILES string of the molecule is CCSCCOC(=O)C1=C(C)NC2=C(C(=O)C[C@@H](c3ccc(OC)c(OC)c3)C2)[C@H]1c1ccc(CC)cc1. The first-order valence-electron chi connectivity index (χ1n) is 13.2. The van der Waals surface area contributed by atoms with Crippen molar-refractivity contribution >= 4 is 23.5 Å². The van der Waals surface area contributed by atoms with Crippen LogP contribution in [0.5, 0.6) is 11.5 Å². The number of ether oxygens (including phenoxy) is 3. The van der Waals surface area contributed by atoms with Crippen LogP contribution < -0.4 is 14.8 Å². The summed E-state index contributed by atoms with van der Waals surface area (Å²) in [5.74, 6) is 2.23. The fourth-order valence-electron chi connectivity index (χ4n) is 5.35. The van der Waals surface area contributed by atoms with Gasteiger partial charge in [0.25, 0.3) is 0 Å². The number of carbonyl (C=O) groups is 2. The van der Waals surface area contributed by atoms with Crippen LogP contribution >= 0.6 is 11.8 Å². The van der Waals surface area contributed by atoms with Crippen molar-refractivity contribution in [2.24, 2.45) is 0 Å². The molecule has 1 aliphatic heterocycles. The summed E-state index contributed by atoms with van der Waals surface area (Å²) < 4.78 is 16.6. The Balaban J connectivity index is 1.71. The number of carbonyl (C=O) groups excluding carboxylic acids is 2. The molecule has 4 rings (SSSR count). The molecule has 0 unspecified atom stereocenters. The summed E-state index contributed by atoms with van der Waals surface area (Å²) in [6.07, 6.45) is 1.94. The monoisotopic (exact) mass is 535 g/mol. The number of rotatable bonds is 10. The highest BCUT2D eigenvalue weighted by Crippen LogP contribution is 2.46. The maximum atomic E-state index is 13.8. The Kier molecular flexibility index (Phi) is 9.21. The molecular formula is C31H37NO5S. The predicted molar refractivity (Wildman–Crippen MR) is 152 cm³/mol. The van der Waals surface area contributed by atoms with E-state index in [4.69, 9.17) is 14.2 Å². The van der Waals surface area contributed by atoms with Crippen LogP contribution in [-0.4, -0.2) is 44.1 Å². The highest BCUT2D eigenvalue weighted by Gasteiger charge is 2.41. The molecule has 6 nitrogen and oxygen atoms in total. The first kappa shape index (κ1) is 27.8. The van der Waals surface area contributed by atoms with Gasteiger partial charge in [-0.15, -0.1) is 0 Å². The molecule has 1 aliphatic carbocycles. The van der Waals surface area contributed by atoms with Crippen LogP contribution in [0.4, 0.5) is 0 Å². The standard InChI is InChI=1S/C31H37NO5S/c1-6-20-8-10-21(11-9-20)29-28(31(34)37-14-15-38-7-2)19(3)32-24-16-23(17-25(33)30(24)29)22-12-13-26(35-4)27(18-22)36-5/h8-13,18,23,29,32H,6-7,14-17H2,1-5H3/t23-,29-/m0/s1. The van der Waals surface area contributed by atoms with Gasteiger partial charge in [-0.25, -0.2) is 4.79 Å². The van der Waals surface area contributed by atoms with Crippen molar-refractivity contribution in [3.05, 3.63) is 81.7 Å². The Morgan fingerprint density at radius 1 is 1.00 bits per heavy atom. The summed E-state index contributed by atoms with van der Waals surface area (Å²) >= 11 is 1.73. The van der Waals surface area contributed by atoms with Gasteiger partial charge in [0, 0.05) is 35.1 Å². The Morgan fingerprint density at radius 2 is 1.71 bits per heavy atom. The molecule has 7 heteroatoms. The summed E-state index contributed by atoms with van der Waals surface area (Å²) in [7, 11) is 3.22. The van der Waals surface area contributed by atoms with E-state index in [9.17, 15) is 9.59 Å². The van der Waals surface area contributed by atoms with Crippen molar-refractivity contribution in [3.8, 4) is 11.5 Å². The molecule has 0 spiro atoms. The lowest BCUT2D eigenvalue weighted by Crippen LogP contribution is -2.36. The van der Waals surface area contributed by atoms with Crippen LogP contribution in [0.25, 0.3) is 0 Å². The number of benzene rings is 2. The molecule has 2 aromatic carbocycles. The van der Waals surface area contributed by atoms with Crippen molar-refractivity contribution < 1.29 is 23.8 Å². The number of methoxy groups -OCH3 is 2. The number of nitrogens with one attached hydrogen (secondary N) is 1. The number of hydrogen-bond acceptors (Lipinski definition) is 7. The summed E-state index contributed by atoms with van der Waals surface area (Å²) in [6, 6.07) is 14.1. The number of ketones is 1. The average Bonchev–Trinajstić information content (AvgIpc) is 2.94. The summed E-state index contributed by atoms with van der Waals surface area (Å²) in [5, 5.41) is 3.43. The van der Waals surface area contributed by atoms with Crippen LogP contribution in [0.1, 0.15) is 62.1 Å². The average molecular weight is 536 g/mol. The third-order valence-electron chi connectivity index (χ3n) is 7.31. The molecule has 1 N–H and O–H groups in total. The number of aryl methyl sites for hydroxylation is 1. The van der Waals surface area contributed by atoms with Crippen LogP contribution in [0.15, 0.2) is 65.0 Å². The van der Waals surface area contributed by atoms with Crippen molar-refractivity contribution in [1.82, 2.24) is 5.32 Å². The molecule has 0 fully saturated rings. The van der Waals surface area contributed by atoms with Crippen LogP contribution in [0.2, 0.25) is 0 Å². The van der Waals surface area contributed by atoms with Crippen molar-refractivity contribution in [1.29, 1.82) is 0 Å². The van der Waals surface area contributed by atoms with Gasteiger partial charge in [-0.2, -0.15) is 11.8 Å². The number of hydrogen-bond donors (Lipinski definition) is 1. The van der Waals surface area contributed by atoms with E-state index in [0.29, 0.717) is 42.1 Å². The van der Waals surface area contributed by atoms with Gasteiger partial charge in [-0.1, -0.05) is 44.2 Å². The number of allylic oxidation sites excluding steroid dienone is 3. The predicted octanol–water partition coefficient (Wildman–Crippen LogP) is 5.92. The van der Waals surface area contributed by atoms with E-state index in [0.717, 1.165) is 40.4 Å². The molecule has 0 amide bonds. The van der Waals surface area contributed by atoms with Gasteiger partial charge in [0.05, 0.1) is 19.8 Å². The molecule has 0 radical (unpaired) electrons. The quantitative estimate of drug-likeness (QED) is 0.299. The number of esters is 1. The minimum Gasteiger partial charge on any atom is -0.493 e. The Morgan fingerprint density at radius 3 is 2.37 bits per heavy atom. The Hall–Kier alpha value is -3.19. The van der Waals surface area contributed by atoms with E-state index in [2.05, 4.69) is 31.3 Å². The van der Waals surface area contributed by atoms with E-state index < -0.39 is 5.92 Å². The van der Waals surface area contributed by atoms with E-state index in [1.807, 2.05) is 37.3 Å². The van der Waals surface area contributed by atoms with E-state index in [1.165, 1.54) is 5.56 Å².